The highest BCUT2D eigenvalue weighted by molar-refractivity contribution is 6.30. The predicted molar refractivity (Wildman–Crippen MR) is 111 cm³/mol. The summed E-state index contributed by atoms with van der Waals surface area (Å²) in [6.45, 7) is 7.30. The van der Waals surface area contributed by atoms with Gasteiger partial charge in [-0.15, -0.1) is 0 Å². The minimum Gasteiger partial charge on any atom is -0.490 e. The lowest BCUT2D eigenvalue weighted by molar-refractivity contribution is -0.140. The molecule has 152 valence electrons. The molecule has 0 heterocycles. The highest BCUT2D eigenvalue weighted by atomic mass is 35.5. The van der Waals surface area contributed by atoms with Gasteiger partial charge in [0.05, 0.1) is 6.61 Å². The van der Waals surface area contributed by atoms with Crippen molar-refractivity contribution in [2.75, 3.05) is 6.61 Å². The first-order valence-corrected chi connectivity index (χ1v) is 9.86. The molecule has 1 atom stereocenters. The Bertz CT molecular complexity index is 762. The molecule has 0 fully saturated rings. The second-order valence-corrected chi connectivity index (χ2v) is 7.47. The van der Waals surface area contributed by atoms with E-state index in [1.54, 1.807) is 0 Å². The fourth-order valence-corrected chi connectivity index (χ4v) is 2.90. The molecule has 0 spiro atoms. The van der Waals surface area contributed by atoms with Crippen LogP contribution in [0.25, 0.3) is 0 Å². The first-order chi connectivity index (χ1) is 13.4. The van der Waals surface area contributed by atoms with Gasteiger partial charge in [0.1, 0.15) is 12.6 Å². The Balaban J connectivity index is 2.04. The minimum atomic E-state index is -0.832. The number of carbonyl (C=O) groups is 1. The molecule has 0 aliphatic carbocycles. The molecule has 6 heteroatoms. The smallest absolute Gasteiger partial charge is 0.320 e. The molecule has 2 N–H and O–H groups in total. The zero-order chi connectivity index (χ0) is 20.5. The van der Waals surface area contributed by atoms with Gasteiger partial charge < -0.3 is 19.9 Å². The van der Waals surface area contributed by atoms with Gasteiger partial charge in [0, 0.05) is 11.6 Å². The molecular formula is C22H28ClNO4. The molecule has 28 heavy (non-hydrogen) atoms. The molecule has 0 aliphatic heterocycles. The van der Waals surface area contributed by atoms with Crippen molar-refractivity contribution in [2.45, 2.75) is 46.4 Å². The molecular weight excluding hydrogens is 378 g/mol. The summed E-state index contributed by atoms with van der Waals surface area (Å²) in [6.07, 6.45) is 0.579. The highest BCUT2D eigenvalue weighted by Gasteiger charge is 2.18. The molecule has 0 aliphatic rings. The summed E-state index contributed by atoms with van der Waals surface area (Å²) in [5.74, 6) is 0.766. The van der Waals surface area contributed by atoms with E-state index in [1.165, 1.54) is 0 Å². The van der Waals surface area contributed by atoms with Crippen LogP contribution in [0.15, 0.2) is 42.5 Å². The van der Waals surface area contributed by atoms with Crippen LogP contribution in [0.3, 0.4) is 0 Å². The number of benzene rings is 2. The van der Waals surface area contributed by atoms with Crippen LogP contribution in [0.1, 0.15) is 38.3 Å². The van der Waals surface area contributed by atoms with Crippen molar-refractivity contribution in [3.8, 4) is 11.5 Å². The maximum absolute atomic E-state index is 11.4. The van der Waals surface area contributed by atoms with Crippen molar-refractivity contribution < 1.29 is 19.4 Å². The number of rotatable bonds is 11. The Morgan fingerprint density at radius 3 is 2.36 bits per heavy atom. The van der Waals surface area contributed by atoms with Gasteiger partial charge in [-0.05, 0) is 54.7 Å². The molecule has 0 bridgehead atoms. The maximum atomic E-state index is 11.4. The molecule has 5 nitrogen and oxygen atoms in total. The lowest BCUT2D eigenvalue weighted by atomic mass is 10.0. The van der Waals surface area contributed by atoms with Gasteiger partial charge in [-0.1, -0.05) is 43.6 Å². The third-order valence-electron chi connectivity index (χ3n) is 4.17. The zero-order valence-electron chi connectivity index (χ0n) is 16.6. The first-order valence-electron chi connectivity index (χ1n) is 9.48. The molecule has 0 aromatic heterocycles. The van der Waals surface area contributed by atoms with Crippen LogP contribution in [0, 0.1) is 5.92 Å². The standard InChI is InChI=1S/C22H28ClNO4/c1-4-27-21-12-17(13-24-19(22(25)26)11-15(2)3)7-10-20(21)28-14-16-5-8-18(23)9-6-16/h5-10,12,15,19,24H,4,11,13-14H2,1-3H3,(H,25,26). The normalized spacial score (nSPS) is 12.0. The van der Waals surface area contributed by atoms with Crippen LogP contribution in [0.2, 0.25) is 5.02 Å². The summed E-state index contributed by atoms with van der Waals surface area (Å²) in [5.41, 5.74) is 1.95. The topological polar surface area (TPSA) is 67.8 Å². The highest BCUT2D eigenvalue weighted by Crippen LogP contribution is 2.29. The average molecular weight is 406 g/mol. The van der Waals surface area contributed by atoms with E-state index < -0.39 is 12.0 Å². The van der Waals surface area contributed by atoms with E-state index in [0.717, 1.165) is 11.1 Å². The lowest BCUT2D eigenvalue weighted by Crippen LogP contribution is -2.37. The summed E-state index contributed by atoms with van der Waals surface area (Å²) >= 11 is 5.91. The largest absolute Gasteiger partial charge is 0.490 e. The number of nitrogens with one attached hydrogen (secondary N) is 1. The molecule has 2 aromatic carbocycles. The van der Waals surface area contributed by atoms with Crippen molar-refractivity contribution in [3.63, 3.8) is 0 Å². The van der Waals surface area contributed by atoms with Gasteiger partial charge in [0.15, 0.2) is 11.5 Å². The van der Waals surface area contributed by atoms with Crippen LogP contribution in [0.5, 0.6) is 11.5 Å². The summed E-state index contributed by atoms with van der Waals surface area (Å²) in [7, 11) is 0. The fourth-order valence-electron chi connectivity index (χ4n) is 2.78. The van der Waals surface area contributed by atoms with Crippen molar-refractivity contribution in [3.05, 3.63) is 58.6 Å². The zero-order valence-corrected chi connectivity index (χ0v) is 17.3. The fraction of sp³-hybridized carbons (Fsp3) is 0.409. The van der Waals surface area contributed by atoms with Crippen molar-refractivity contribution >= 4 is 17.6 Å². The van der Waals surface area contributed by atoms with Crippen molar-refractivity contribution in [1.29, 1.82) is 0 Å². The Morgan fingerprint density at radius 2 is 1.75 bits per heavy atom. The van der Waals surface area contributed by atoms with Gasteiger partial charge in [-0.3, -0.25) is 4.79 Å². The summed E-state index contributed by atoms with van der Waals surface area (Å²) in [4.78, 5) is 11.4. The molecule has 2 aromatic rings. The van der Waals surface area contributed by atoms with Gasteiger partial charge in [0.2, 0.25) is 0 Å². The van der Waals surface area contributed by atoms with E-state index in [9.17, 15) is 9.90 Å². The van der Waals surface area contributed by atoms with Crippen LogP contribution >= 0.6 is 11.6 Å². The Kier molecular flexibility index (Phi) is 8.61. The summed E-state index contributed by atoms with van der Waals surface area (Å²) < 4.78 is 11.6. The number of aliphatic carboxylic acids is 1. The third kappa shape index (κ3) is 7.06. The molecule has 0 saturated heterocycles. The van der Waals surface area contributed by atoms with E-state index >= 15 is 0 Å². The molecule has 0 amide bonds. The predicted octanol–water partition coefficient (Wildman–Crippen LogP) is 4.91. The van der Waals surface area contributed by atoms with E-state index in [2.05, 4.69) is 5.32 Å². The second-order valence-electron chi connectivity index (χ2n) is 7.03. The first kappa shape index (κ1) is 22.1. The Morgan fingerprint density at radius 1 is 1.07 bits per heavy atom. The number of carboxylic acid groups (broad SMARTS) is 1. The number of halogens is 1. The van der Waals surface area contributed by atoms with Gasteiger partial charge in [-0.2, -0.15) is 0 Å². The van der Waals surface area contributed by atoms with Crippen LogP contribution in [-0.4, -0.2) is 23.7 Å². The summed E-state index contributed by atoms with van der Waals surface area (Å²) in [5, 5.41) is 13.2. The number of hydrogen-bond acceptors (Lipinski definition) is 4. The van der Waals surface area contributed by atoms with Gasteiger partial charge in [-0.25, -0.2) is 0 Å². The van der Waals surface area contributed by atoms with Gasteiger partial charge in [0.25, 0.3) is 0 Å². The molecule has 2 rings (SSSR count). The van der Waals surface area contributed by atoms with Crippen LogP contribution in [-0.2, 0) is 17.9 Å². The molecule has 1 unspecified atom stereocenters. The third-order valence-corrected chi connectivity index (χ3v) is 4.43. The monoisotopic (exact) mass is 405 g/mol. The average Bonchev–Trinajstić information content (AvgIpc) is 2.65. The second kappa shape index (κ2) is 10.9. The van der Waals surface area contributed by atoms with Crippen molar-refractivity contribution in [1.82, 2.24) is 5.32 Å². The lowest BCUT2D eigenvalue weighted by Gasteiger charge is -2.18. The number of hydrogen-bond donors (Lipinski definition) is 2. The maximum Gasteiger partial charge on any atom is 0.320 e. The van der Waals surface area contributed by atoms with E-state index in [4.69, 9.17) is 21.1 Å². The van der Waals surface area contributed by atoms with Crippen LogP contribution in [0.4, 0.5) is 0 Å². The number of ether oxygens (including phenoxy) is 2. The van der Waals surface area contributed by atoms with E-state index in [0.29, 0.717) is 48.6 Å². The number of carboxylic acids is 1. The van der Waals surface area contributed by atoms with Gasteiger partial charge >= 0.3 is 5.97 Å². The minimum absolute atomic E-state index is 0.302. The molecule has 0 saturated carbocycles. The molecule has 0 radical (unpaired) electrons. The Labute approximate surface area is 171 Å². The van der Waals surface area contributed by atoms with Crippen molar-refractivity contribution in [2.24, 2.45) is 5.92 Å². The SMILES string of the molecule is CCOc1cc(CNC(CC(C)C)C(=O)O)ccc1OCc1ccc(Cl)cc1. The summed E-state index contributed by atoms with van der Waals surface area (Å²) in [6, 6.07) is 12.6. The van der Waals surface area contributed by atoms with E-state index in [-0.39, 0.29) is 0 Å². The van der Waals surface area contributed by atoms with Crippen LogP contribution < -0.4 is 14.8 Å². The quantitative estimate of drug-likeness (QED) is 0.556. The van der Waals surface area contributed by atoms with E-state index in [1.807, 2.05) is 63.2 Å². The Hall–Kier alpha value is -2.24.